The Hall–Kier alpha value is -0.610. The molecule has 0 aromatic heterocycles. The highest BCUT2D eigenvalue weighted by molar-refractivity contribution is 5.74. The highest BCUT2D eigenvalue weighted by Gasteiger charge is 2.41. The van der Waals surface area contributed by atoms with E-state index in [-0.39, 0.29) is 11.9 Å². The molecule has 0 spiro atoms. The maximum absolute atomic E-state index is 12.4. The van der Waals surface area contributed by atoms with Crippen LogP contribution in [-0.2, 0) is 9.53 Å². The number of ether oxygens (including phenoxy) is 1. The summed E-state index contributed by atoms with van der Waals surface area (Å²) in [5, 5.41) is 10.4. The molecule has 1 aliphatic rings. The van der Waals surface area contributed by atoms with Crippen molar-refractivity contribution >= 4 is 5.97 Å². The number of aliphatic hydroxyl groups is 1. The average Bonchev–Trinajstić information content (AvgIpc) is 2.43. The maximum Gasteiger partial charge on any atom is 0.312 e. The molecule has 1 N–H and O–H groups in total. The van der Waals surface area contributed by atoms with Crippen molar-refractivity contribution in [2.24, 2.45) is 11.8 Å². The van der Waals surface area contributed by atoms with Gasteiger partial charge in [-0.25, -0.2) is 0 Å². The first kappa shape index (κ1) is 18.4. The maximum atomic E-state index is 12.4. The van der Waals surface area contributed by atoms with Gasteiger partial charge in [0.1, 0.15) is 6.61 Å². The zero-order chi connectivity index (χ0) is 15.9. The quantitative estimate of drug-likeness (QED) is 0.700. The second kappa shape index (κ2) is 8.74. The van der Waals surface area contributed by atoms with Crippen LogP contribution in [0, 0.1) is 11.8 Å². The first-order valence-electron chi connectivity index (χ1n) is 8.51. The Labute approximate surface area is 129 Å². The number of likely N-dealkylation sites (N-methyl/N-ethyl adjacent to an activating group) is 1. The lowest BCUT2D eigenvalue weighted by molar-refractivity contribution is -0.162. The third-order valence-electron chi connectivity index (χ3n) is 4.68. The molecule has 0 radical (unpaired) electrons. The van der Waals surface area contributed by atoms with Crippen molar-refractivity contribution < 1.29 is 14.6 Å². The molecule has 0 saturated heterocycles. The molecule has 0 aromatic rings. The van der Waals surface area contributed by atoms with Crippen LogP contribution in [0.25, 0.3) is 0 Å². The summed E-state index contributed by atoms with van der Waals surface area (Å²) in [6.45, 7) is 10.8. The Bertz CT molecular complexity index is 302. The van der Waals surface area contributed by atoms with Crippen molar-refractivity contribution in [1.82, 2.24) is 4.90 Å². The number of esters is 1. The van der Waals surface area contributed by atoms with Crippen LogP contribution in [0.3, 0.4) is 0 Å². The van der Waals surface area contributed by atoms with Gasteiger partial charge in [-0.1, -0.05) is 33.1 Å². The molecule has 0 bridgehead atoms. The zero-order valence-corrected chi connectivity index (χ0v) is 14.2. The Kier molecular flexibility index (Phi) is 7.67. The van der Waals surface area contributed by atoms with Crippen LogP contribution in [0.1, 0.15) is 59.8 Å². The van der Waals surface area contributed by atoms with Crippen LogP contribution in [0.2, 0.25) is 0 Å². The lowest BCUT2D eigenvalue weighted by Crippen LogP contribution is -2.44. The van der Waals surface area contributed by atoms with E-state index in [0.29, 0.717) is 6.61 Å². The van der Waals surface area contributed by atoms with E-state index in [2.05, 4.69) is 18.7 Å². The summed E-state index contributed by atoms with van der Waals surface area (Å²) in [6.07, 6.45) is 5.61. The summed E-state index contributed by atoms with van der Waals surface area (Å²) in [6, 6.07) is 0. The van der Waals surface area contributed by atoms with E-state index in [4.69, 9.17) is 4.74 Å². The fourth-order valence-electron chi connectivity index (χ4n) is 3.43. The summed E-state index contributed by atoms with van der Waals surface area (Å²) in [5.74, 6) is -0.351. The molecule has 1 unspecified atom stereocenters. The summed E-state index contributed by atoms with van der Waals surface area (Å²) < 4.78 is 5.48. The molecule has 1 rings (SSSR count). The van der Waals surface area contributed by atoms with Gasteiger partial charge in [-0.05, 0) is 45.7 Å². The Balaban J connectivity index is 2.55. The Morgan fingerprint density at radius 2 is 1.81 bits per heavy atom. The first-order chi connectivity index (χ1) is 9.90. The smallest absolute Gasteiger partial charge is 0.312 e. The topological polar surface area (TPSA) is 49.8 Å². The van der Waals surface area contributed by atoms with Crippen LogP contribution in [0.5, 0.6) is 0 Å². The first-order valence-corrected chi connectivity index (χ1v) is 8.51. The van der Waals surface area contributed by atoms with Crippen LogP contribution >= 0.6 is 0 Å². The van der Waals surface area contributed by atoms with Gasteiger partial charge in [-0.15, -0.1) is 0 Å². The monoisotopic (exact) mass is 299 g/mol. The van der Waals surface area contributed by atoms with Crippen molar-refractivity contribution in [2.45, 2.75) is 65.4 Å². The summed E-state index contributed by atoms with van der Waals surface area (Å²) in [5.41, 5.74) is -1.01. The van der Waals surface area contributed by atoms with E-state index >= 15 is 0 Å². The Morgan fingerprint density at radius 3 is 2.29 bits per heavy atom. The van der Waals surface area contributed by atoms with Gasteiger partial charge in [0.15, 0.2) is 0 Å². The largest absolute Gasteiger partial charge is 0.464 e. The molecule has 0 amide bonds. The molecule has 0 heterocycles. The molecule has 1 aliphatic carbocycles. The van der Waals surface area contributed by atoms with E-state index < -0.39 is 11.5 Å². The predicted molar refractivity (Wildman–Crippen MR) is 85.1 cm³/mol. The number of nitrogens with zero attached hydrogens (tertiary/aromatic N) is 1. The van der Waals surface area contributed by atoms with Gasteiger partial charge in [0.25, 0.3) is 0 Å². The summed E-state index contributed by atoms with van der Waals surface area (Å²) in [4.78, 5) is 14.7. The molecule has 4 nitrogen and oxygen atoms in total. The van der Waals surface area contributed by atoms with Crippen molar-refractivity contribution in [3.63, 3.8) is 0 Å². The predicted octanol–water partition coefficient (Wildman–Crippen LogP) is 2.84. The van der Waals surface area contributed by atoms with Crippen molar-refractivity contribution in [2.75, 3.05) is 26.2 Å². The van der Waals surface area contributed by atoms with Gasteiger partial charge in [0, 0.05) is 6.54 Å². The fourth-order valence-corrected chi connectivity index (χ4v) is 3.43. The van der Waals surface area contributed by atoms with Gasteiger partial charge in [0.2, 0.25) is 0 Å². The Morgan fingerprint density at radius 1 is 1.24 bits per heavy atom. The fraction of sp³-hybridized carbons (Fsp3) is 0.941. The zero-order valence-electron chi connectivity index (χ0n) is 14.2. The normalized spacial score (nSPS) is 18.8. The molecule has 124 valence electrons. The number of hydrogen-bond donors (Lipinski definition) is 1. The van der Waals surface area contributed by atoms with Gasteiger partial charge < -0.3 is 14.7 Å². The number of rotatable bonds is 8. The highest BCUT2D eigenvalue weighted by Crippen LogP contribution is 2.36. The highest BCUT2D eigenvalue weighted by atomic mass is 16.5. The standard InChI is InChI=1S/C17H33NO3/c1-5-18(6-2)12-13-21-16(19)15(17(3,4)20)14-10-8-7-9-11-14/h14-15,20H,5-13H2,1-4H3. The average molecular weight is 299 g/mol. The van der Waals surface area contributed by atoms with Crippen molar-refractivity contribution in [3.05, 3.63) is 0 Å². The SMILES string of the molecule is CCN(CC)CCOC(=O)C(C1CCCCC1)C(C)(C)O. The van der Waals surface area contributed by atoms with E-state index in [1.165, 1.54) is 6.42 Å². The van der Waals surface area contributed by atoms with Gasteiger partial charge in [-0.2, -0.15) is 0 Å². The number of carbonyl (C=O) groups excluding carboxylic acids is 1. The number of carbonyl (C=O) groups is 1. The molecular weight excluding hydrogens is 266 g/mol. The minimum absolute atomic E-state index is 0.221. The number of hydrogen-bond acceptors (Lipinski definition) is 4. The molecule has 1 atom stereocenters. The van der Waals surface area contributed by atoms with Gasteiger partial charge in [0.05, 0.1) is 11.5 Å². The van der Waals surface area contributed by atoms with Crippen molar-refractivity contribution in [1.29, 1.82) is 0 Å². The lowest BCUT2D eigenvalue weighted by Gasteiger charge is -2.36. The van der Waals surface area contributed by atoms with Crippen LogP contribution < -0.4 is 0 Å². The third kappa shape index (κ3) is 5.95. The molecule has 0 aliphatic heterocycles. The summed E-state index contributed by atoms with van der Waals surface area (Å²) in [7, 11) is 0. The van der Waals surface area contributed by atoms with Crippen LogP contribution in [-0.4, -0.2) is 47.8 Å². The summed E-state index contributed by atoms with van der Waals surface area (Å²) >= 11 is 0. The van der Waals surface area contributed by atoms with Crippen molar-refractivity contribution in [3.8, 4) is 0 Å². The van der Waals surface area contributed by atoms with Gasteiger partial charge >= 0.3 is 5.97 Å². The molecule has 1 fully saturated rings. The van der Waals surface area contributed by atoms with Crippen LogP contribution in [0.4, 0.5) is 0 Å². The minimum atomic E-state index is -1.01. The van der Waals surface area contributed by atoms with Crippen LogP contribution in [0.15, 0.2) is 0 Å². The van der Waals surface area contributed by atoms with E-state index in [1.54, 1.807) is 13.8 Å². The molecule has 1 saturated carbocycles. The van der Waals surface area contributed by atoms with Gasteiger partial charge in [-0.3, -0.25) is 4.79 Å². The molecule has 4 heteroatoms. The lowest BCUT2D eigenvalue weighted by atomic mass is 9.73. The minimum Gasteiger partial charge on any atom is -0.464 e. The van der Waals surface area contributed by atoms with E-state index in [1.807, 2.05) is 0 Å². The second-order valence-corrected chi connectivity index (χ2v) is 6.72. The van der Waals surface area contributed by atoms with E-state index in [0.717, 1.165) is 45.3 Å². The molecule has 0 aromatic carbocycles. The van der Waals surface area contributed by atoms with E-state index in [9.17, 15) is 9.90 Å². The third-order valence-corrected chi connectivity index (χ3v) is 4.68. The molecule has 21 heavy (non-hydrogen) atoms. The second-order valence-electron chi connectivity index (χ2n) is 6.72. The molecular formula is C17H33NO3.